The summed E-state index contributed by atoms with van der Waals surface area (Å²) in [6.07, 6.45) is 0.118. The molecule has 0 aliphatic carbocycles. The number of carbonyl (C=O) groups excluding carboxylic acids is 3. The summed E-state index contributed by atoms with van der Waals surface area (Å²) in [4.78, 5) is 35.5. The predicted octanol–water partition coefficient (Wildman–Crippen LogP) is 5.42. The summed E-state index contributed by atoms with van der Waals surface area (Å²) in [5, 5.41) is 0. The van der Waals surface area contributed by atoms with Crippen molar-refractivity contribution in [3.8, 4) is 22.6 Å². The van der Waals surface area contributed by atoms with Crippen molar-refractivity contribution in [2.75, 3.05) is 6.61 Å². The molecule has 0 saturated heterocycles. The average Bonchev–Trinajstić information content (AvgIpc) is 2.73. The fourth-order valence-electron chi connectivity index (χ4n) is 2.43. The number of ether oxygens (including phenoxy) is 3. The van der Waals surface area contributed by atoms with Crippen LogP contribution in [0, 0.1) is 11.2 Å². The molecule has 0 bridgehead atoms. The first-order valence-corrected chi connectivity index (χ1v) is 10.2. The molecule has 0 aliphatic heterocycles. The Kier molecular flexibility index (Phi) is 8.29. The Morgan fingerprint density at radius 2 is 1.52 bits per heavy atom. The van der Waals surface area contributed by atoms with Gasteiger partial charge >= 0.3 is 17.9 Å². The highest BCUT2D eigenvalue weighted by atomic mass is 19.1. The first kappa shape index (κ1) is 25.5. The Hall–Kier alpha value is -3.74. The topological polar surface area (TPSA) is 78.9 Å². The van der Waals surface area contributed by atoms with Gasteiger partial charge in [-0.2, -0.15) is 0 Å². The molecule has 0 amide bonds. The highest BCUT2D eigenvalue weighted by Gasteiger charge is 2.24. The third-order valence-corrected chi connectivity index (χ3v) is 4.41. The highest BCUT2D eigenvalue weighted by molar-refractivity contribution is 5.90. The van der Waals surface area contributed by atoms with Crippen LogP contribution in [0.3, 0.4) is 0 Å². The molecular weight excluding hydrogens is 427 g/mol. The van der Waals surface area contributed by atoms with Gasteiger partial charge in [-0.25, -0.2) is 14.0 Å². The van der Waals surface area contributed by atoms with Gasteiger partial charge < -0.3 is 14.2 Å². The van der Waals surface area contributed by atoms with Crippen LogP contribution in [0.25, 0.3) is 11.1 Å². The van der Waals surface area contributed by atoms with Crippen molar-refractivity contribution in [1.29, 1.82) is 0 Å². The Morgan fingerprint density at radius 3 is 2.06 bits per heavy atom. The number of carbonyl (C=O) groups is 3. The maximum atomic E-state index is 14.6. The molecule has 0 heterocycles. The maximum Gasteiger partial charge on any atom is 0.338 e. The summed E-state index contributed by atoms with van der Waals surface area (Å²) in [5.41, 5.74) is 0.544. The van der Waals surface area contributed by atoms with Crippen LogP contribution in [0.15, 0.2) is 66.8 Å². The summed E-state index contributed by atoms with van der Waals surface area (Å²) in [6, 6.07) is 10.4. The van der Waals surface area contributed by atoms with E-state index >= 15 is 0 Å². The first-order valence-electron chi connectivity index (χ1n) is 10.2. The van der Waals surface area contributed by atoms with Gasteiger partial charge in [-0.3, -0.25) is 4.79 Å². The number of benzene rings is 2. The van der Waals surface area contributed by atoms with Crippen LogP contribution in [0.2, 0.25) is 0 Å². The molecule has 7 heteroatoms. The van der Waals surface area contributed by atoms with Crippen molar-refractivity contribution in [3.63, 3.8) is 0 Å². The van der Waals surface area contributed by atoms with Crippen LogP contribution in [-0.4, -0.2) is 24.5 Å². The normalized spacial score (nSPS) is 10.8. The Morgan fingerprint density at radius 1 is 0.909 bits per heavy atom. The fourth-order valence-corrected chi connectivity index (χ4v) is 2.43. The van der Waals surface area contributed by atoms with Gasteiger partial charge in [-0.05, 0) is 57.5 Å². The number of hydrogen-bond acceptors (Lipinski definition) is 6. The zero-order valence-corrected chi connectivity index (χ0v) is 19.2. The number of esters is 3. The summed E-state index contributed by atoms with van der Waals surface area (Å²) >= 11 is 0. The SMILES string of the molecule is C=C(C)C(=O)OCCC(=C)C(=O)Oc1ccc(-c2ccc(OC(=O)C(C)(C)C)cc2F)cc1. The van der Waals surface area contributed by atoms with Gasteiger partial charge in [-0.1, -0.05) is 25.3 Å². The maximum absolute atomic E-state index is 14.6. The van der Waals surface area contributed by atoms with E-state index in [-0.39, 0.29) is 35.7 Å². The van der Waals surface area contributed by atoms with E-state index in [4.69, 9.17) is 14.2 Å². The Balaban J connectivity index is 1.98. The van der Waals surface area contributed by atoms with Crippen LogP contribution in [0.1, 0.15) is 34.1 Å². The lowest BCUT2D eigenvalue weighted by Crippen LogP contribution is -2.25. The molecule has 0 aromatic heterocycles. The Labute approximate surface area is 192 Å². The van der Waals surface area contributed by atoms with Crippen LogP contribution >= 0.6 is 0 Å². The molecule has 174 valence electrons. The molecule has 2 aromatic rings. The predicted molar refractivity (Wildman–Crippen MR) is 122 cm³/mol. The largest absolute Gasteiger partial charge is 0.462 e. The van der Waals surface area contributed by atoms with Gasteiger partial charge in [0.2, 0.25) is 0 Å². The number of halogens is 1. The van der Waals surface area contributed by atoms with E-state index < -0.39 is 29.1 Å². The van der Waals surface area contributed by atoms with Crippen molar-refractivity contribution >= 4 is 17.9 Å². The van der Waals surface area contributed by atoms with Crippen molar-refractivity contribution in [2.45, 2.75) is 34.1 Å². The van der Waals surface area contributed by atoms with Crippen molar-refractivity contribution in [3.05, 3.63) is 72.6 Å². The van der Waals surface area contributed by atoms with E-state index in [0.29, 0.717) is 11.1 Å². The van der Waals surface area contributed by atoms with Crippen molar-refractivity contribution in [1.82, 2.24) is 0 Å². The van der Waals surface area contributed by atoms with Gasteiger partial charge in [0.25, 0.3) is 0 Å². The molecule has 0 saturated carbocycles. The zero-order valence-electron chi connectivity index (χ0n) is 19.2. The van der Waals surface area contributed by atoms with Gasteiger partial charge in [0.1, 0.15) is 17.3 Å². The van der Waals surface area contributed by atoms with Crippen LogP contribution in [0.5, 0.6) is 11.5 Å². The molecule has 33 heavy (non-hydrogen) atoms. The molecule has 0 atom stereocenters. The summed E-state index contributed by atoms with van der Waals surface area (Å²) in [5.74, 6) is -1.85. The molecule has 0 fully saturated rings. The lowest BCUT2D eigenvalue weighted by molar-refractivity contribution is -0.143. The van der Waals surface area contributed by atoms with E-state index in [2.05, 4.69) is 13.2 Å². The minimum atomic E-state index is -0.706. The lowest BCUT2D eigenvalue weighted by atomic mass is 9.97. The van der Waals surface area contributed by atoms with Gasteiger partial charge in [0, 0.05) is 29.2 Å². The van der Waals surface area contributed by atoms with Crippen LogP contribution in [0.4, 0.5) is 4.39 Å². The van der Waals surface area contributed by atoms with Crippen LogP contribution in [-0.2, 0) is 19.1 Å². The summed E-state index contributed by atoms with van der Waals surface area (Å²) in [6.45, 7) is 13.8. The standard InChI is InChI=1S/C26H27FO6/c1-16(2)23(28)31-14-13-17(3)24(29)32-19-9-7-18(8-10-19)21-12-11-20(15-22(21)27)33-25(30)26(4,5)6/h7-12,15H,1,3,13-14H2,2,4-6H3. The van der Waals surface area contributed by atoms with Gasteiger partial charge in [-0.15, -0.1) is 0 Å². The molecule has 0 aliphatic rings. The first-order chi connectivity index (χ1) is 15.4. The minimum Gasteiger partial charge on any atom is -0.462 e. The second kappa shape index (κ2) is 10.7. The molecule has 2 rings (SSSR count). The highest BCUT2D eigenvalue weighted by Crippen LogP contribution is 2.29. The Bertz CT molecular complexity index is 1080. The zero-order chi connectivity index (χ0) is 24.8. The molecule has 0 radical (unpaired) electrons. The second-order valence-corrected chi connectivity index (χ2v) is 8.46. The number of hydrogen-bond donors (Lipinski definition) is 0. The quantitative estimate of drug-likeness (QED) is 0.301. The smallest absolute Gasteiger partial charge is 0.338 e. The molecule has 0 N–H and O–H groups in total. The van der Waals surface area contributed by atoms with Gasteiger partial charge in [0.15, 0.2) is 0 Å². The second-order valence-electron chi connectivity index (χ2n) is 8.46. The molecule has 2 aromatic carbocycles. The monoisotopic (exact) mass is 454 g/mol. The molecule has 0 spiro atoms. The van der Waals surface area contributed by atoms with E-state index in [1.807, 2.05) is 0 Å². The van der Waals surface area contributed by atoms with Crippen LogP contribution < -0.4 is 9.47 Å². The van der Waals surface area contributed by atoms with Crippen molar-refractivity contribution < 1.29 is 33.0 Å². The third-order valence-electron chi connectivity index (χ3n) is 4.41. The third kappa shape index (κ3) is 7.42. The average molecular weight is 454 g/mol. The van der Waals surface area contributed by atoms with E-state index in [0.717, 1.165) is 6.07 Å². The molecule has 6 nitrogen and oxygen atoms in total. The lowest BCUT2D eigenvalue weighted by Gasteiger charge is -2.16. The van der Waals surface area contributed by atoms with Gasteiger partial charge in [0.05, 0.1) is 12.0 Å². The van der Waals surface area contributed by atoms with E-state index in [1.165, 1.54) is 31.2 Å². The summed E-state index contributed by atoms with van der Waals surface area (Å²) in [7, 11) is 0. The minimum absolute atomic E-state index is 0.0150. The van der Waals surface area contributed by atoms with Crippen molar-refractivity contribution in [2.24, 2.45) is 5.41 Å². The number of rotatable bonds is 8. The fraction of sp³-hybridized carbons (Fsp3) is 0.269. The van der Waals surface area contributed by atoms with E-state index in [9.17, 15) is 18.8 Å². The van der Waals surface area contributed by atoms with E-state index in [1.54, 1.807) is 32.9 Å². The molecule has 0 unspecified atom stereocenters. The summed E-state index contributed by atoms with van der Waals surface area (Å²) < 4.78 is 30.0. The molecular formula is C26H27FO6.